The standard InChI is InChI=1S/C29H52N2O/c1-4-5-6-7-8-9-10-11-12-13-14-15-16-17-18-22-25-30-29(32)27-31(2,3)26-28-23-20-19-21-24-28/h19-21,23-24H,4-18,22,25-27H2,1-3H3/p+1. The highest BCUT2D eigenvalue weighted by molar-refractivity contribution is 5.77. The van der Waals surface area contributed by atoms with E-state index in [0.717, 1.165) is 19.5 Å². The van der Waals surface area contributed by atoms with Gasteiger partial charge in [-0.3, -0.25) is 4.79 Å². The lowest BCUT2D eigenvalue weighted by atomic mass is 10.0. The summed E-state index contributed by atoms with van der Waals surface area (Å²) in [5, 5.41) is 3.12. The molecule has 1 N–H and O–H groups in total. The van der Waals surface area contributed by atoms with Gasteiger partial charge in [0.1, 0.15) is 6.54 Å². The molecule has 0 aliphatic carbocycles. The van der Waals surface area contributed by atoms with Gasteiger partial charge in [-0.1, -0.05) is 134 Å². The fraction of sp³-hybridized carbons (Fsp3) is 0.759. The lowest BCUT2D eigenvalue weighted by Gasteiger charge is -2.29. The number of amides is 1. The van der Waals surface area contributed by atoms with E-state index >= 15 is 0 Å². The number of carbonyl (C=O) groups is 1. The Kier molecular flexibility index (Phi) is 17.2. The first-order chi connectivity index (χ1) is 15.5. The van der Waals surface area contributed by atoms with Crippen LogP contribution >= 0.6 is 0 Å². The van der Waals surface area contributed by atoms with Gasteiger partial charge in [-0.05, 0) is 6.42 Å². The number of unbranched alkanes of at least 4 members (excludes halogenated alkanes) is 15. The Balaban J connectivity index is 1.86. The molecule has 0 unspecified atom stereocenters. The van der Waals surface area contributed by atoms with Gasteiger partial charge < -0.3 is 9.80 Å². The number of hydrogen-bond donors (Lipinski definition) is 1. The molecule has 1 aromatic rings. The zero-order chi connectivity index (χ0) is 23.3. The van der Waals surface area contributed by atoms with Gasteiger partial charge in [0.15, 0.2) is 6.54 Å². The van der Waals surface area contributed by atoms with E-state index in [1.807, 2.05) is 6.07 Å². The van der Waals surface area contributed by atoms with E-state index in [1.165, 1.54) is 102 Å². The summed E-state index contributed by atoms with van der Waals surface area (Å²) in [4.78, 5) is 12.3. The molecule has 0 radical (unpaired) electrons. The van der Waals surface area contributed by atoms with Crippen LogP contribution in [-0.2, 0) is 11.3 Å². The first-order valence-corrected chi connectivity index (χ1v) is 13.7. The van der Waals surface area contributed by atoms with Gasteiger partial charge in [0.25, 0.3) is 5.91 Å². The third-order valence-electron chi connectivity index (χ3n) is 6.38. The topological polar surface area (TPSA) is 29.1 Å². The molecular formula is C29H53N2O+. The van der Waals surface area contributed by atoms with Crippen molar-refractivity contribution in [3.05, 3.63) is 35.9 Å². The van der Waals surface area contributed by atoms with E-state index in [-0.39, 0.29) is 5.91 Å². The molecule has 1 aromatic carbocycles. The van der Waals surface area contributed by atoms with Gasteiger partial charge in [-0.25, -0.2) is 0 Å². The number of benzene rings is 1. The average molecular weight is 446 g/mol. The van der Waals surface area contributed by atoms with Crippen LogP contribution in [0.15, 0.2) is 30.3 Å². The van der Waals surface area contributed by atoms with Crippen molar-refractivity contribution in [2.75, 3.05) is 27.2 Å². The molecule has 0 heterocycles. The summed E-state index contributed by atoms with van der Waals surface area (Å²) in [5.74, 6) is 0.173. The van der Waals surface area contributed by atoms with Crippen LogP contribution in [0.4, 0.5) is 0 Å². The zero-order valence-corrected chi connectivity index (χ0v) is 21.7. The zero-order valence-electron chi connectivity index (χ0n) is 21.7. The second-order valence-electron chi connectivity index (χ2n) is 10.4. The monoisotopic (exact) mass is 445 g/mol. The number of nitrogens with one attached hydrogen (secondary N) is 1. The van der Waals surface area contributed by atoms with Crippen molar-refractivity contribution >= 4 is 5.91 Å². The van der Waals surface area contributed by atoms with Gasteiger partial charge in [0, 0.05) is 12.1 Å². The molecule has 0 spiro atoms. The highest BCUT2D eigenvalue weighted by Crippen LogP contribution is 2.13. The minimum absolute atomic E-state index is 0.173. The van der Waals surface area contributed by atoms with Crippen LogP contribution in [0.2, 0.25) is 0 Å². The van der Waals surface area contributed by atoms with E-state index in [0.29, 0.717) is 11.0 Å². The Morgan fingerprint density at radius 2 is 1.12 bits per heavy atom. The summed E-state index contributed by atoms with van der Waals surface area (Å²) in [5.41, 5.74) is 1.28. The van der Waals surface area contributed by atoms with Gasteiger partial charge >= 0.3 is 0 Å². The van der Waals surface area contributed by atoms with Crippen LogP contribution in [0.1, 0.15) is 115 Å². The van der Waals surface area contributed by atoms with Crippen molar-refractivity contribution in [1.82, 2.24) is 5.32 Å². The molecule has 1 rings (SSSR count). The molecule has 32 heavy (non-hydrogen) atoms. The lowest BCUT2D eigenvalue weighted by molar-refractivity contribution is -0.895. The predicted octanol–water partition coefficient (Wildman–Crippen LogP) is 7.64. The van der Waals surface area contributed by atoms with Crippen molar-refractivity contribution in [1.29, 1.82) is 0 Å². The second kappa shape index (κ2) is 19.1. The highest BCUT2D eigenvalue weighted by atomic mass is 16.2. The minimum Gasteiger partial charge on any atom is -0.351 e. The van der Waals surface area contributed by atoms with Crippen molar-refractivity contribution < 1.29 is 9.28 Å². The van der Waals surface area contributed by atoms with E-state index < -0.39 is 0 Å². The maximum atomic E-state index is 12.3. The largest absolute Gasteiger partial charge is 0.351 e. The van der Waals surface area contributed by atoms with Crippen molar-refractivity contribution in [2.45, 2.75) is 116 Å². The Labute approximate surface area is 200 Å². The molecule has 0 atom stereocenters. The Bertz CT molecular complexity index is 556. The van der Waals surface area contributed by atoms with Crippen molar-refractivity contribution in [3.63, 3.8) is 0 Å². The molecule has 0 aliphatic heterocycles. The minimum atomic E-state index is 0.173. The third-order valence-corrected chi connectivity index (χ3v) is 6.38. The Morgan fingerprint density at radius 1 is 0.688 bits per heavy atom. The Hall–Kier alpha value is -1.35. The molecule has 0 aromatic heterocycles. The van der Waals surface area contributed by atoms with E-state index in [1.54, 1.807) is 0 Å². The van der Waals surface area contributed by atoms with Gasteiger partial charge in [-0.15, -0.1) is 0 Å². The fourth-order valence-electron chi connectivity index (χ4n) is 4.48. The SMILES string of the molecule is CCCCCCCCCCCCCCCCCCNC(=O)C[N+](C)(C)Cc1ccccc1. The molecule has 0 bridgehead atoms. The van der Waals surface area contributed by atoms with E-state index in [2.05, 4.69) is 50.6 Å². The summed E-state index contributed by atoms with van der Waals surface area (Å²) in [6.07, 6.45) is 22.1. The molecular weight excluding hydrogens is 392 g/mol. The predicted molar refractivity (Wildman–Crippen MR) is 140 cm³/mol. The quantitative estimate of drug-likeness (QED) is 0.153. The molecule has 0 saturated heterocycles. The lowest BCUT2D eigenvalue weighted by Crippen LogP contribution is -2.46. The third kappa shape index (κ3) is 17.2. The van der Waals surface area contributed by atoms with Crippen molar-refractivity contribution in [3.8, 4) is 0 Å². The normalized spacial score (nSPS) is 11.6. The Morgan fingerprint density at radius 3 is 1.59 bits per heavy atom. The van der Waals surface area contributed by atoms with Gasteiger partial charge in [0.2, 0.25) is 0 Å². The molecule has 3 nitrogen and oxygen atoms in total. The fourth-order valence-corrected chi connectivity index (χ4v) is 4.48. The first kappa shape index (κ1) is 28.7. The number of quaternary nitrogens is 1. The summed E-state index contributed by atoms with van der Waals surface area (Å²) in [6.45, 7) is 4.53. The molecule has 0 fully saturated rings. The van der Waals surface area contributed by atoms with Crippen LogP contribution < -0.4 is 5.32 Å². The molecule has 3 heteroatoms. The number of rotatable bonds is 21. The summed E-state index contributed by atoms with van der Waals surface area (Å²) in [7, 11) is 4.25. The van der Waals surface area contributed by atoms with Crippen molar-refractivity contribution in [2.24, 2.45) is 0 Å². The highest BCUT2D eigenvalue weighted by Gasteiger charge is 2.20. The van der Waals surface area contributed by atoms with Crippen LogP contribution in [0.25, 0.3) is 0 Å². The van der Waals surface area contributed by atoms with Crippen LogP contribution in [0, 0.1) is 0 Å². The summed E-state index contributed by atoms with van der Waals surface area (Å²) < 4.78 is 0.689. The van der Waals surface area contributed by atoms with Crippen LogP contribution in [-0.4, -0.2) is 37.6 Å². The van der Waals surface area contributed by atoms with Crippen LogP contribution in [0.3, 0.4) is 0 Å². The first-order valence-electron chi connectivity index (χ1n) is 13.7. The smallest absolute Gasteiger partial charge is 0.275 e. The number of hydrogen-bond acceptors (Lipinski definition) is 1. The average Bonchev–Trinajstić information content (AvgIpc) is 2.76. The molecule has 184 valence electrons. The van der Waals surface area contributed by atoms with Crippen LogP contribution in [0.5, 0.6) is 0 Å². The summed E-state index contributed by atoms with van der Waals surface area (Å²) in [6, 6.07) is 10.4. The van der Waals surface area contributed by atoms with Gasteiger partial charge in [-0.2, -0.15) is 0 Å². The molecule has 1 amide bonds. The summed E-state index contributed by atoms with van der Waals surface area (Å²) >= 11 is 0. The number of likely N-dealkylation sites (N-methyl/N-ethyl adjacent to an activating group) is 1. The molecule has 0 saturated carbocycles. The maximum absolute atomic E-state index is 12.3. The number of carbonyl (C=O) groups excluding carboxylic acids is 1. The van der Waals surface area contributed by atoms with Gasteiger partial charge in [0.05, 0.1) is 14.1 Å². The second-order valence-corrected chi connectivity index (χ2v) is 10.4. The van der Waals surface area contributed by atoms with E-state index in [9.17, 15) is 4.79 Å². The van der Waals surface area contributed by atoms with E-state index in [4.69, 9.17) is 0 Å². The maximum Gasteiger partial charge on any atom is 0.275 e. The molecule has 0 aliphatic rings. The number of nitrogens with zero attached hydrogens (tertiary/aromatic N) is 1.